The fraction of sp³-hybridized carbons (Fsp3) is 0.188. The van der Waals surface area contributed by atoms with E-state index in [-0.39, 0.29) is 5.78 Å². The topological polar surface area (TPSA) is 61.5 Å². The lowest BCUT2D eigenvalue weighted by Gasteiger charge is -2.09. The van der Waals surface area contributed by atoms with Crippen LogP contribution in [0.25, 0.3) is 0 Å². The third-order valence-electron chi connectivity index (χ3n) is 2.99. The molecule has 21 heavy (non-hydrogen) atoms. The Labute approximate surface area is 128 Å². The van der Waals surface area contributed by atoms with E-state index in [2.05, 4.69) is 0 Å². The summed E-state index contributed by atoms with van der Waals surface area (Å²) in [6, 6.07) is 12.7. The minimum absolute atomic E-state index is 0.00730. The van der Waals surface area contributed by atoms with Gasteiger partial charge in [-0.25, -0.2) is 0 Å². The van der Waals surface area contributed by atoms with Crippen LogP contribution in [0.15, 0.2) is 47.4 Å². The standard InChI is InChI=1S/C16H17NO3S/c1-19-15-8-7-11(9-16(15)20-2)21-10-14(18)12-5-3-4-6-13(12)17/h3-9H,10,17H2,1-2H3. The summed E-state index contributed by atoms with van der Waals surface area (Å²) < 4.78 is 10.4. The van der Waals surface area contributed by atoms with Gasteiger partial charge in [0.25, 0.3) is 0 Å². The number of rotatable bonds is 6. The number of Topliss-reactive ketones (excluding diaryl/α,β-unsaturated/α-hetero) is 1. The predicted octanol–water partition coefficient (Wildman–Crippen LogP) is 3.26. The van der Waals surface area contributed by atoms with Crippen LogP contribution in [-0.2, 0) is 0 Å². The number of thioether (sulfide) groups is 1. The van der Waals surface area contributed by atoms with Gasteiger partial charge in [-0.1, -0.05) is 12.1 Å². The van der Waals surface area contributed by atoms with Gasteiger partial charge in [0.05, 0.1) is 20.0 Å². The van der Waals surface area contributed by atoms with Crippen LogP contribution in [0.1, 0.15) is 10.4 Å². The quantitative estimate of drug-likeness (QED) is 0.504. The number of benzene rings is 2. The van der Waals surface area contributed by atoms with Crippen LogP contribution in [0.4, 0.5) is 5.69 Å². The Morgan fingerprint density at radius 2 is 1.81 bits per heavy atom. The van der Waals surface area contributed by atoms with E-state index in [9.17, 15) is 4.79 Å². The number of nitrogen functional groups attached to an aromatic ring is 1. The summed E-state index contributed by atoms with van der Waals surface area (Å²) >= 11 is 1.44. The molecule has 0 aliphatic rings. The van der Waals surface area contributed by atoms with Crippen molar-refractivity contribution < 1.29 is 14.3 Å². The average Bonchev–Trinajstić information content (AvgIpc) is 2.52. The number of ether oxygens (including phenoxy) is 2. The Morgan fingerprint density at radius 1 is 1.10 bits per heavy atom. The van der Waals surface area contributed by atoms with Crippen molar-refractivity contribution in [2.75, 3.05) is 25.7 Å². The molecule has 0 spiro atoms. The molecule has 0 unspecified atom stereocenters. The van der Waals surface area contributed by atoms with Gasteiger partial charge in [0, 0.05) is 16.1 Å². The van der Waals surface area contributed by atoms with Crippen molar-refractivity contribution in [1.29, 1.82) is 0 Å². The molecule has 5 heteroatoms. The molecule has 0 aliphatic heterocycles. The lowest BCUT2D eigenvalue weighted by molar-refractivity contribution is 0.102. The van der Waals surface area contributed by atoms with Crippen molar-refractivity contribution in [3.05, 3.63) is 48.0 Å². The van der Waals surface area contributed by atoms with Gasteiger partial charge in [-0.15, -0.1) is 11.8 Å². The summed E-state index contributed by atoms with van der Waals surface area (Å²) in [5.74, 6) is 1.64. The van der Waals surface area contributed by atoms with Crippen molar-refractivity contribution in [1.82, 2.24) is 0 Å². The molecule has 2 N–H and O–H groups in total. The van der Waals surface area contributed by atoms with E-state index in [4.69, 9.17) is 15.2 Å². The maximum Gasteiger partial charge on any atom is 0.175 e. The maximum absolute atomic E-state index is 12.2. The molecule has 0 heterocycles. The Balaban J connectivity index is 2.06. The molecule has 2 rings (SSSR count). The molecule has 110 valence electrons. The van der Waals surface area contributed by atoms with E-state index in [1.165, 1.54) is 11.8 Å². The summed E-state index contributed by atoms with van der Waals surface area (Å²) in [5.41, 5.74) is 6.88. The van der Waals surface area contributed by atoms with Gasteiger partial charge in [0.2, 0.25) is 0 Å². The Bertz CT molecular complexity index is 643. The Hall–Kier alpha value is -2.14. The summed E-state index contributed by atoms with van der Waals surface area (Å²) in [6.07, 6.45) is 0. The Morgan fingerprint density at radius 3 is 2.48 bits per heavy atom. The third-order valence-corrected chi connectivity index (χ3v) is 3.98. The molecule has 4 nitrogen and oxygen atoms in total. The fourth-order valence-electron chi connectivity index (χ4n) is 1.88. The highest BCUT2D eigenvalue weighted by atomic mass is 32.2. The van der Waals surface area contributed by atoms with E-state index in [0.29, 0.717) is 28.5 Å². The van der Waals surface area contributed by atoms with Crippen LogP contribution in [-0.4, -0.2) is 25.8 Å². The highest BCUT2D eigenvalue weighted by Gasteiger charge is 2.11. The van der Waals surface area contributed by atoms with Gasteiger partial charge in [-0.05, 0) is 30.3 Å². The average molecular weight is 303 g/mol. The van der Waals surface area contributed by atoms with Crippen LogP contribution < -0.4 is 15.2 Å². The molecule has 0 saturated carbocycles. The van der Waals surface area contributed by atoms with Crippen molar-refractivity contribution in [3.8, 4) is 11.5 Å². The molecular weight excluding hydrogens is 286 g/mol. The van der Waals surface area contributed by atoms with Crippen LogP contribution in [0.3, 0.4) is 0 Å². The maximum atomic E-state index is 12.2. The number of hydrogen-bond donors (Lipinski definition) is 1. The summed E-state index contributed by atoms with van der Waals surface area (Å²) in [6.45, 7) is 0. The Kier molecular flexibility index (Phi) is 5.11. The lowest BCUT2D eigenvalue weighted by atomic mass is 10.1. The SMILES string of the molecule is COc1ccc(SCC(=O)c2ccccc2N)cc1OC. The molecule has 0 bridgehead atoms. The van der Waals surface area contributed by atoms with Crippen LogP contribution in [0.2, 0.25) is 0 Å². The van der Waals surface area contributed by atoms with E-state index >= 15 is 0 Å². The van der Waals surface area contributed by atoms with Gasteiger partial charge >= 0.3 is 0 Å². The first-order chi connectivity index (χ1) is 10.2. The third kappa shape index (κ3) is 3.70. The number of nitrogens with two attached hydrogens (primary N) is 1. The normalized spacial score (nSPS) is 10.2. The zero-order valence-corrected chi connectivity index (χ0v) is 12.8. The monoisotopic (exact) mass is 303 g/mol. The molecular formula is C16H17NO3S. The molecule has 0 aliphatic carbocycles. The number of carbonyl (C=O) groups is 1. The van der Waals surface area contributed by atoms with Crippen LogP contribution in [0, 0.1) is 0 Å². The first kappa shape index (κ1) is 15.3. The number of para-hydroxylation sites is 1. The number of anilines is 1. The minimum atomic E-state index is 0.00730. The molecule has 0 radical (unpaired) electrons. The zero-order valence-electron chi connectivity index (χ0n) is 12.0. The second-order valence-corrected chi connectivity index (χ2v) is 5.36. The lowest BCUT2D eigenvalue weighted by Crippen LogP contribution is -2.05. The van der Waals surface area contributed by atoms with Crippen molar-refractivity contribution in [3.63, 3.8) is 0 Å². The van der Waals surface area contributed by atoms with E-state index in [0.717, 1.165) is 4.90 Å². The highest BCUT2D eigenvalue weighted by molar-refractivity contribution is 8.00. The van der Waals surface area contributed by atoms with Gasteiger partial charge in [0.15, 0.2) is 17.3 Å². The fourth-order valence-corrected chi connectivity index (χ4v) is 2.69. The van der Waals surface area contributed by atoms with E-state index in [1.807, 2.05) is 30.3 Å². The van der Waals surface area contributed by atoms with Crippen molar-refractivity contribution in [2.45, 2.75) is 4.90 Å². The van der Waals surface area contributed by atoms with Gasteiger partial charge in [0.1, 0.15) is 0 Å². The van der Waals surface area contributed by atoms with E-state index < -0.39 is 0 Å². The molecule has 0 aromatic heterocycles. The molecule has 0 atom stereocenters. The van der Waals surface area contributed by atoms with Gasteiger partial charge < -0.3 is 15.2 Å². The second kappa shape index (κ2) is 7.04. The summed E-state index contributed by atoms with van der Waals surface area (Å²) in [4.78, 5) is 13.1. The second-order valence-electron chi connectivity index (χ2n) is 4.32. The van der Waals surface area contributed by atoms with Crippen LogP contribution >= 0.6 is 11.8 Å². The molecule has 0 fully saturated rings. The number of hydrogen-bond acceptors (Lipinski definition) is 5. The van der Waals surface area contributed by atoms with Crippen LogP contribution in [0.5, 0.6) is 11.5 Å². The van der Waals surface area contributed by atoms with Crippen molar-refractivity contribution in [2.24, 2.45) is 0 Å². The zero-order chi connectivity index (χ0) is 15.2. The summed E-state index contributed by atoms with van der Waals surface area (Å²) in [5, 5.41) is 0. The predicted molar refractivity (Wildman–Crippen MR) is 85.5 cm³/mol. The number of ketones is 1. The van der Waals surface area contributed by atoms with Gasteiger partial charge in [-0.3, -0.25) is 4.79 Å². The largest absolute Gasteiger partial charge is 0.493 e. The summed E-state index contributed by atoms with van der Waals surface area (Å²) in [7, 11) is 3.18. The molecule has 0 saturated heterocycles. The smallest absolute Gasteiger partial charge is 0.175 e. The van der Waals surface area contributed by atoms with Crippen molar-refractivity contribution >= 4 is 23.2 Å². The molecule has 2 aromatic carbocycles. The number of methoxy groups -OCH3 is 2. The minimum Gasteiger partial charge on any atom is -0.493 e. The molecule has 2 aromatic rings. The first-order valence-corrected chi connectivity index (χ1v) is 7.36. The van der Waals surface area contributed by atoms with E-state index in [1.54, 1.807) is 26.4 Å². The number of carbonyl (C=O) groups excluding carboxylic acids is 1. The van der Waals surface area contributed by atoms with Gasteiger partial charge in [-0.2, -0.15) is 0 Å². The molecule has 0 amide bonds. The first-order valence-electron chi connectivity index (χ1n) is 6.38. The highest BCUT2D eigenvalue weighted by Crippen LogP contribution is 2.32.